The van der Waals surface area contributed by atoms with E-state index >= 15 is 0 Å². The zero-order valence-corrected chi connectivity index (χ0v) is 27.8. The third-order valence-corrected chi connectivity index (χ3v) is 8.86. The molecule has 2 aliphatic rings. The smallest absolute Gasteiger partial charge is 0.408 e. The molecule has 246 valence electrons. The van der Waals surface area contributed by atoms with E-state index < -0.39 is 17.7 Å². The van der Waals surface area contributed by atoms with Crippen molar-refractivity contribution in [1.82, 2.24) is 25.1 Å². The lowest BCUT2D eigenvalue weighted by molar-refractivity contribution is -0.142. The maximum atomic E-state index is 13.6. The molecule has 3 aromatic heterocycles. The minimum Gasteiger partial charge on any atom is -0.488 e. The van der Waals surface area contributed by atoms with Crippen molar-refractivity contribution in [2.45, 2.75) is 58.6 Å². The normalized spacial score (nSPS) is 14.1. The van der Waals surface area contributed by atoms with Crippen LogP contribution in [0.3, 0.4) is 0 Å². The van der Waals surface area contributed by atoms with Crippen LogP contribution in [0.15, 0.2) is 54.3 Å². The first kappa shape index (κ1) is 32.5. The van der Waals surface area contributed by atoms with Crippen LogP contribution in [0.5, 0.6) is 5.75 Å². The summed E-state index contributed by atoms with van der Waals surface area (Å²) in [6.45, 7) is 5.70. The van der Waals surface area contributed by atoms with Crippen LogP contribution in [-0.2, 0) is 33.7 Å². The average Bonchev–Trinajstić information content (AvgIpc) is 3.61. The van der Waals surface area contributed by atoms with Crippen LogP contribution in [0, 0.1) is 0 Å². The highest BCUT2D eigenvalue weighted by atomic mass is 35.5. The number of hydrogen-bond donors (Lipinski definition) is 2. The van der Waals surface area contributed by atoms with E-state index in [0.717, 1.165) is 62.4 Å². The van der Waals surface area contributed by atoms with Gasteiger partial charge in [-0.25, -0.2) is 19.2 Å². The number of ether oxygens (including phenoxy) is 3. The van der Waals surface area contributed by atoms with Crippen LogP contribution in [0.25, 0.3) is 20.7 Å². The molecule has 11 nitrogen and oxygen atoms in total. The predicted octanol–water partition coefficient (Wildman–Crippen LogP) is 7.07. The van der Waals surface area contributed by atoms with Crippen LogP contribution in [0.1, 0.15) is 44.9 Å². The number of allylic oxidation sites excluding steroid dienone is 3. The van der Waals surface area contributed by atoms with Crippen molar-refractivity contribution in [3.05, 3.63) is 70.6 Å². The number of nitrogens with one attached hydrogen (secondary N) is 2. The zero-order chi connectivity index (χ0) is 33.1. The third kappa shape index (κ3) is 7.91. The van der Waals surface area contributed by atoms with Crippen LogP contribution in [-0.4, -0.2) is 57.2 Å². The number of fused-ring (bicyclic) bond motifs is 5. The molecule has 2 N–H and O–H groups in total. The fraction of sp³-hybridized carbons (Fsp3) is 0.364. The number of aromatic nitrogens is 4. The van der Waals surface area contributed by atoms with E-state index in [1.165, 1.54) is 12.4 Å². The van der Waals surface area contributed by atoms with Gasteiger partial charge in [-0.15, -0.1) is 11.3 Å². The zero-order valence-electron chi connectivity index (χ0n) is 26.2. The Morgan fingerprint density at radius 2 is 2.02 bits per heavy atom. The molecule has 14 heteroatoms. The summed E-state index contributed by atoms with van der Waals surface area (Å²) in [6.07, 6.45) is 8.83. The Morgan fingerprint density at radius 3 is 2.81 bits per heavy atom. The highest BCUT2D eigenvalue weighted by Crippen LogP contribution is 2.45. The van der Waals surface area contributed by atoms with Crippen molar-refractivity contribution in [3.63, 3.8) is 0 Å². The van der Waals surface area contributed by atoms with Crippen molar-refractivity contribution >= 4 is 56.7 Å². The van der Waals surface area contributed by atoms with Crippen molar-refractivity contribution in [2.24, 2.45) is 0 Å². The molecule has 3 heterocycles. The molecule has 0 bridgehead atoms. The Kier molecular flexibility index (Phi) is 9.46. The number of nitrogens with zero attached hydrogens (tertiary/aromatic N) is 4. The summed E-state index contributed by atoms with van der Waals surface area (Å²) >= 11 is 8.14. The van der Waals surface area contributed by atoms with Crippen LogP contribution < -0.4 is 15.4 Å². The van der Waals surface area contributed by atoms with E-state index in [2.05, 4.69) is 20.6 Å². The van der Waals surface area contributed by atoms with Gasteiger partial charge < -0.3 is 24.8 Å². The van der Waals surface area contributed by atoms with E-state index in [4.69, 9.17) is 30.9 Å². The van der Waals surface area contributed by atoms with Gasteiger partial charge in [0, 0.05) is 22.3 Å². The molecule has 1 amide bonds. The second-order valence-corrected chi connectivity index (χ2v) is 13.5. The van der Waals surface area contributed by atoms with Crippen molar-refractivity contribution < 1.29 is 28.2 Å². The summed E-state index contributed by atoms with van der Waals surface area (Å²) in [7, 11) is 0. The Labute approximate surface area is 279 Å². The molecule has 0 unspecified atom stereocenters. The minimum absolute atomic E-state index is 0.106. The topological polar surface area (TPSA) is 129 Å². The van der Waals surface area contributed by atoms with Gasteiger partial charge in [-0.1, -0.05) is 11.6 Å². The summed E-state index contributed by atoms with van der Waals surface area (Å²) < 4.78 is 31.6. The predicted molar refractivity (Wildman–Crippen MR) is 178 cm³/mol. The molecule has 2 aliphatic carbocycles. The van der Waals surface area contributed by atoms with Crippen molar-refractivity contribution in [3.8, 4) is 16.2 Å². The second-order valence-electron chi connectivity index (χ2n) is 12.1. The molecule has 0 aliphatic heterocycles. The van der Waals surface area contributed by atoms with Gasteiger partial charge in [0.15, 0.2) is 0 Å². The molecule has 4 aromatic rings. The summed E-state index contributed by atoms with van der Waals surface area (Å²) in [6, 6.07) is 5.44. The maximum absolute atomic E-state index is 13.6. The highest BCUT2D eigenvalue weighted by molar-refractivity contribution is 7.22. The summed E-state index contributed by atoms with van der Waals surface area (Å²) in [5.41, 5.74) is 4.11. The number of esters is 1. The van der Waals surface area contributed by atoms with Crippen molar-refractivity contribution in [1.29, 1.82) is 0 Å². The van der Waals surface area contributed by atoms with Gasteiger partial charge in [0.05, 0.1) is 22.6 Å². The quantitative estimate of drug-likeness (QED) is 0.169. The molecule has 0 spiro atoms. The van der Waals surface area contributed by atoms with Gasteiger partial charge >= 0.3 is 12.1 Å². The largest absolute Gasteiger partial charge is 0.488 e. The summed E-state index contributed by atoms with van der Waals surface area (Å²) in [5.74, 6) is 0.399. The fourth-order valence-electron chi connectivity index (χ4n) is 5.34. The SMILES string of the molecule is CC(C)(C)OC(=O)NCC(=O)OCCn1cc2c(n1)CCc1c-2sc2ncnc(Nc3ccc(OCC4=CC(F)=CCC4)c(Cl)c3)c12. The third-order valence-electron chi connectivity index (χ3n) is 7.40. The van der Waals surface area contributed by atoms with Crippen LogP contribution >= 0.6 is 22.9 Å². The van der Waals surface area contributed by atoms with Crippen LogP contribution in [0.2, 0.25) is 5.02 Å². The Balaban J connectivity index is 1.10. The van der Waals surface area contributed by atoms with Crippen molar-refractivity contribution in [2.75, 3.05) is 25.1 Å². The number of thiophene rings is 1. The first-order valence-electron chi connectivity index (χ1n) is 15.2. The first-order chi connectivity index (χ1) is 22.5. The Bertz CT molecular complexity index is 1900. The van der Waals surface area contributed by atoms with E-state index in [9.17, 15) is 14.0 Å². The van der Waals surface area contributed by atoms with Gasteiger partial charge in [0.2, 0.25) is 0 Å². The average molecular weight is 681 g/mol. The van der Waals surface area contributed by atoms with E-state index in [-0.39, 0.29) is 25.6 Å². The van der Waals surface area contributed by atoms with E-state index in [0.29, 0.717) is 29.6 Å². The van der Waals surface area contributed by atoms with Gasteiger partial charge in [-0.2, -0.15) is 5.10 Å². The molecule has 0 saturated carbocycles. The number of rotatable bonds is 10. The van der Waals surface area contributed by atoms with Crippen LogP contribution in [0.4, 0.5) is 20.7 Å². The number of aryl methyl sites for hydroxylation is 2. The lowest BCUT2D eigenvalue weighted by Crippen LogP contribution is -2.36. The second kappa shape index (κ2) is 13.7. The van der Waals surface area contributed by atoms with E-state index in [1.54, 1.807) is 55.0 Å². The monoisotopic (exact) mass is 680 g/mol. The van der Waals surface area contributed by atoms with Gasteiger partial charge in [0.1, 0.15) is 53.9 Å². The standard InChI is InChI=1S/C33H34ClFN6O5S/c1-33(2,3)46-32(43)36-15-27(42)44-12-11-41-16-23-25(40-41)9-8-22-28-30(37-18-38-31(28)47-29(22)23)39-21-7-10-26(24(34)14-21)45-17-19-5-4-6-20(35)13-19/h6-7,10,13-14,16,18H,4-5,8-9,11-12,15,17H2,1-3H3,(H,36,43)(H,37,38,39). The lowest BCUT2D eigenvalue weighted by Gasteiger charge is -2.19. The van der Waals surface area contributed by atoms with Gasteiger partial charge in [-0.3, -0.25) is 9.48 Å². The van der Waals surface area contributed by atoms with E-state index in [1.807, 2.05) is 12.3 Å². The Hall–Kier alpha value is -4.49. The number of hydrogen-bond acceptors (Lipinski definition) is 10. The van der Waals surface area contributed by atoms with Gasteiger partial charge in [0.25, 0.3) is 0 Å². The molecule has 0 saturated heterocycles. The molecule has 6 rings (SSSR count). The molecule has 0 fully saturated rings. The summed E-state index contributed by atoms with van der Waals surface area (Å²) in [5, 5.41) is 11.9. The molecular weight excluding hydrogens is 647 g/mol. The first-order valence-corrected chi connectivity index (χ1v) is 16.4. The molecule has 47 heavy (non-hydrogen) atoms. The highest BCUT2D eigenvalue weighted by Gasteiger charge is 2.27. The number of carbonyl (C=O) groups is 2. The minimum atomic E-state index is -0.677. The number of alkyl carbamates (subject to hydrolysis) is 1. The molecule has 0 atom stereocenters. The van der Waals surface area contributed by atoms with Gasteiger partial charge in [-0.05, 0) is 87.9 Å². The fourth-order valence-corrected chi connectivity index (χ4v) is 6.79. The maximum Gasteiger partial charge on any atom is 0.408 e. The number of amides is 1. The number of halogens is 2. The number of carbonyl (C=O) groups excluding carboxylic acids is 2. The molecule has 1 aromatic carbocycles. The number of benzene rings is 1. The molecular formula is C33H34ClFN6O5S. The molecule has 0 radical (unpaired) electrons. The lowest BCUT2D eigenvalue weighted by atomic mass is 9.95. The number of anilines is 2. The summed E-state index contributed by atoms with van der Waals surface area (Å²) in [4.78, 5) is 34.9. The Morgan fingerprint density at radius 1 is 1.17 bits per heavy atom.